The maximum absolute atomic E-state index is 11.7. The number of aliphatic hydroxyl groups excluding tert-OH is 1. The molecule has 0 saturated heterocycles. The highest BCUT2D eigenvalue weighted by atomic mass is 19.2. The highest BCUT2D eigenvalue weighted by molar-refractivity contribution is 4.34. The average Bonchev–Trinajstić information content (AvgIpc) is 1.65. The third-order valence-electron chi connectivity index (χ3n) is 0.479. The Morgan fingerprint density at radius 1 is 1.62 bits per heavy atom. The molecule has 1 N–H and O–H groups in total. The Balaban J connectivity index is 3.10. The Morgan fingerprint density at radius 3 is 2.25 bits per heavy atom. The average molecular weight is 126 g/mol. The van der Waals surface area contributed by atoms with Crippen LogP contribution in [-0.2, 0) is 4.74 Å². The Kier molecular flexibility index (Phi) is 3.64. The van der Waals surface area contributed by atoms with E-state index in [4.69, 9.17) is 5.11 Å². The molecule has 0 fully saturated rings. The first kappa shape index (κ1) is 7.78. The zero-order chi connectivity index (χ0) is 6.57. The molecule has 2 nitrogen and oxygen atoms in total. The molecule has 0 aromatic rings. The van der Waals surface area contributed by atoms with E-state index in [1.54, 1.807) is 0 Å². The van der Waals surface area contributed by atoms with Crippen molar-refractivity contribution >= 4 is 0 Å². The van der Waals surface area contributed by atoms with Crippen molar-refractivity contribution in [3.05, 3.63) is 0 Å². The first-order valence-electron chi connectivity index (χ1n) is 2.21. The largest absolute Gasteiger partial charge is 0.391 e. The fourth-order valence-corrected chi connectivity index (χ4v) is 0.247. The molecule has 0 saturated carbocycles. The third kappa shape index (κ3) is 3.95. The van der Waals surface area contributed by atoms with E-state index in [1.807, 2.05) is 0 Å². The van der Waals surface area contributed by atoms with Gasteiger partial charge < -0.3 is 9.84 Å². The SMILES string of the molecule is CC(F)OC(F)CO. The monoisotopic (exact) mass is 126 g/mol. The molecule has 0 aliphatic carbocycles. The summed E-state index contributed by atoms with van der Waals surface area (Å²) in [5.74, 6) is 0. The maximum atomic E-state index is 11.7. The van der Waals surface area contributed by atoms with Crippen LogP contribution in [0.25, 0.3) is 0 Å². The quantitative estimate of drug-likeness (QED) is 0.600. The smallest absolute Gasteiger partial charge is 0.224 e. The summed E-state index contributed by atoms with van der Waals surface area (Å²) in [5.41, 5.74) is 0. The molecule has 2 atom stereocenters. The normalized spacial score (nSPS) is 18.0. The van der Waals surface area contributed by atoms with Crippen molar-refractivity contribution in [1.29, 1.82) is 0 Å². The van der Waals surface area contributed by atoms with Gasteiger partial charge in [0.2, 0.25) is 6.36 Å². The van der Waals surface area contributed by atoms with Gasteiger partial charge in [-0.05, 0) is 6.92 Å². The minimum atomic E-state index is -1.89. The Labute approximate surface area is 46.1 Å². The fraction of sp³-hybridized carbons (Fsp3) is 1.00. The second-order valence-corrected chi connectivity index (χ2v) is 1.27. The number of rotatable bonds is 3. The Hall–Kier alpha value is -0.220. The van der Waals surface area contributed by atoms with Crippen LogP contribution in [0, 0.1) is 0 Å². The van der Waals surface area contributed by atoms with E-state index in [-0.39, 0.29) is 0 Å². The first-order valence-corrected chi connectivity index (χ1v) is 2.21. The maximum Gasteiger partial charge on any atom is 0.224 e. The molecule has 8 heavy (non-hydrogen) atoms. The summed E-state index contributed by atoms with van der Waals surface area (Å²) < 4.78 is 27.1. The van der Waals surface area contributed by atoms with Crippen LogP contribution in [-0.4, -0.2) is 24.4 Å². The molecule has 4 heteroatoms. The molecule has 0 aliphatic heterocycles. The molecule has 0 spiro atoms. The third-order valence-corrected chi connectivity index (χ3v) is 0.479. The van der Waals surface area contributed by atoms with Crippen molar-refractivity contribution in [1.82, 2.24) is 0 Å². The van der Waals surface area contributed by atoms with Crippen LogP contribution in [0.5, 0.6) is 0 Å². The van der Waals surface area contributed by atoms with E-state index >= 15 is 0 Å². The summed E-state index contributed by atoms with van der Waals surface area (Å²) in [6.07, 6.45) is -3.55. The Morgan fingerprint density at radius 2 is 2.12 bits per heavy atom. The lowest BCUT2D eigenvalue weighted by Gasteiger charge is -2.05. The van der Waals surface area contributed by atoms with E-state index in [2.05, 4.69) is 4.74 Å². The van der Waals surface area contributed by atoms with Crippen LogP contribution in [0.4, 0.5) is 8.78 Å². The molecule has 0 aromatic heterocycles. The van der Waals surface area contributed by atoms with E-state index in [9.17, 15) is 8.78 Å². The van der Waals surface area contributed by atoms with Crippen molar-refractivity contribution in [2.75, 3.05) is 6.61 Å². The summed E-state index contributed by atoms with van der Waals surface area (Å²) in [6.45, 7) is 0.247. The molecule has 0 amide bonds. The number of halogens is 2. The van der Waals surface area contributed by atoms with Crippen molar-refractivity contribution in [3.8, 4) is 0 Å². The van der Waals surface area contributed by atoms with Gasteiger partial charge >= 0.3 is 0 Å². The molecule has 0 bridgehead atoms. The molecule has 0 heterocycles. The van der Waals surface area contributed by atoms with Crippen LogP contribution in [0.3, 0.4) is 0 Å². The summed E-state index contributed by atoms with van der Waals surface area (Å²) in [7, 11) is 0. The lowest BCUT2D eigenvalue weighted by Crippen LogP contribution is -2.15. The zero-order valence-electron chi connectivity index (χ0n) is 4.47. The molecule has 0 aromatic carbocycles. The summed E-state index contributed by atoms with van der Waals surface area (Å²) in [5, 5.41) is 7.92. The van der Waals surface area contributed by atoms with Gasteiger partial charge in [0.05, 0.1) is 6.61 Å². The number of aliphatic hydroxyl groups is 1. The molecule has 50 valence electrons. The van der Waals surface area contributed by atoms with Crippen molar-refractivity contribution in [3.63, 3.8) is 0 Å². The molecule has 2 unspecified atom stereocenters. The molecule has 0 rings (SSSR count). The van der Waals surface area contributed by atoms with Gasteiger partial charge in [-0.15, -0.1) is 0 Å². The molecular formula is C4H8F2O2. The van der Waals surface area contributed by atoms with Crippen LogP contribution in [0.1, 0.15) is 6.92 Å². The zero-order valence-corrected chi connectivity index (χ0v) is 4.47. The number of hydrogen-bond acceptors (Lipinski definition) is 2. The van der Waals surface area contributed by atoms with Crippen molar-refractivity contribution < 1.29 is 18.6 Å². The summed E-state index contributed by atoms with van der Waals surface area (Å²) in [4.78, 5) is 0. The molecule has 0 aliphatic rings. The summed E-state index contributed by atoms with van der Waals surface area (Å²) in [6, 6.07) is 0. The molecule has 0 radical (unpaired) electrons. The van der Waals surface area contributed by atoms with E-state index in [1.165, 1.54) is 0 Å². The van der Waals surface area contributed by atoms with E-state index in [0.29, 0.717) is 0 Å². The highest BCUT2D eigenvalue weighted by Gasteiger charge is 2.07. The summed E-state index contributed by atoms with van der Waals surface area (Å²) >= 11 is 0. The predicted octanol–water partition coefficient (Wildman–Crippen LogP) is 0.606. The topological polar surface area (TPSA) is 29.5 Å². The Bertz CT molecular complexity index is 58.0. The van der Waals surface area contributed by atoms with E-state index < -0.39 is 19.3 Å². The van der Waals surface area contributed by atoms with Gasteiger partial charge in [0.15, 0.2) is 6.36 Å². The van der Waals surface area contributed by atoms with Crippen LogP contribution in [0.15, 0.2) is 0 Å². The van der Waals surface area contributed by atoms with Gasteiger partial charge in [-0.25, -0.2) is 8.78 Å². The second-order valence-electron chi connectivity index (χ2n) is 1.27. The molecular weight excluding hydrogens is 118 g/mol. The van der Waals surface area contributed by atoms with Gasteiger partial charge in [0.25, 0.3) is 0 Å². The van der Waals surface area contributed by atoms with Gasteiger partial charge in [-0.1, -0.05) is 0 Å². The standard InChI is InChI=1S/C4H8F2O2/c1-3(5)8-4(6)2-7/h3-4,7H,2H2,1H3. The van der Waals surface area contributed by atoms with Crippen LogP contribution >= 0.6 is 0 Å². The predicted molar refractivity (Wildman–Crippen MR) is 23.6 cm³/mol. The van der Waals surface area contributed by atoms with Crippen molar-refractivity contribution in [2.24, 2.45) is 0 Å². The number of ether oxygens (including phenoxy) is 1. The van der Waals surface area contributed by atoms with Crippen LogP contribution < -0.4 is 0 Å². The van der Waals surface area contributed by atoms with Gasteiger partial charge in [0.1, 0.15) is 0 Å². The van der Waals surface area contributed by atoms with Crippen LogP contribution in [0.2, 0.25) is 0 Å². The highest BCUT2D eigenvalue weighted by Crippen LogP contribution is 1.98. The minimum absolute atomic E-state index is 0.797. The fourth-order valence-electron chi connectivity index (χ4n) is 0.247. The minimum Gasteiger partial charge on any atom is -0.391 e. The van der Waals surface area contributed by atoms with E-state index in [0.717, 1.165) is 6.92 Å². The number of alkyl halides is 2. The van der Waals surface area contributed by atoms with Gasteiger partial charge in [0, 0.05) is 0 Å². The van der Waals surface area contributed by atoms with Gasteiger partial charge in [-0.3, -0.25) is 0 Å². The lowest BCUT2D eigenvalue weighted by atomic mass is 10.7. The van der Waals surface area contributed by atoms with Crippen molar-refractivity contribution in [2.45, 2.75) is 19.6 Å². The second kappa shape index (κ2) is 3.74. The number of hydrogen-bond donors (Lipinski definition) is 1. The first-order chi connectivity index (χ1) is 3.66. The lowest BCUT2D eigenvalue weighted by molar-refractivity contribution is -0.146. The van der Waals surface area contributed by atoms with Gasteiger partial charge in [-0.2, -0.15) is 0 Å².